The van der Waals surface area contributed by atoms with E-state index in [0.29, 0.717) is 30.8 Å². The quantitative estimate of drug-likeness (QED) is 0.729. The maximum Gasteiger partial charge on any atom is 0.254 e. The summed E-state index contributed by atoms with van der Waals surface area (Å²) in [6, 6.07) is 4.65. The average molecular weight is 223 g/mol. The Hall–Kier alpha value is -1.42. The minimum atomic E-state index is -0.292. The Balaban J connectivity index is 2.09. The van der Waals surface area contributed by atoms with Gasteiger partial charge in [0.1, 0.15) is 5.82 Å². The van der Waals surface area contributed by atoms with Crippen molar-refractivity contribution in [3.8, 4) is 0 Å². The summed E-state index contributed by atoms with van der Waals surface area (Å²) in [5.41, 5.74) is 1.02. The smallest absolute Gasteiger partial charge is 0.254 e. The molecular formula is C12H14FNO2. The summed E-state index contributed by atoms with van der Waals surface area (Å²) < 4.78 is 18.3. The summed E-state index contributed by atoms with van der Waals surface area (Å²) in [6.07, 6.45) is 0.776. The number of amides is 1. The van der Waals surface area contributed by atoms with E-state index < -0.39 is 0 Å². The summed E-state index contributed by atoms with van der Waals surface area (Å²) in [7, 11) is 1.63. The van der Waals surface area contributed by atoms with Crippen molar-refractivity contribution in [2.24, 2.45) is 0 Å². The first-order valence-electron chi connectivity index (χ1n) is 5.29. The predicted octanol–water partition coefficient (Wildman–Crippen LogP) is 1.82. The highest BCUT2D eigenvalue weighted by Crippen LogP contribution is 2.24. The number of methoxy groups -OCH3 is 1. The molecule has 0 fully saturated rings. The second kappa shape index (κ2) is 4.61. The van der Waals surface area contributed by atoms with Gasteiger partial charge in [-0.05, 0) is 18.6 Å². The highest BCUT2D eigenvalue weighted by Gasteiger charge is 2.28. The van der Waals surface area contributed by atoms with E-state index in [9.17, 15) is 9.18 Å². The van der Waals surface area contributed by atoms with Crippen LogP contribution in [0.4, 0.5) is 4.39 Å². The van der Waals surface area contributed by atoms with E-state index in [1.54, 1.807) is 24.1 Å². The molecule has 16 heavy (non-hydrogen) atoms. The van der Waals surface area contributed by atoms with E-state index >= 15 is 0 Å². The summed E-state index contributed by atoms with van der Waals surface area (Å²) in [6.45, 7) is 1.61. The zero-order valence-corrected chi connectivity index (χ0v) is 9.20. The van der Waals surface area contributed by atoms with Crippen molar-refractivity contribution in [1.29, 1.82) is 0 Å². The van der Waals surface area contributed by atoms with Crippen molar-refractivity contribution < 1.29 is 13.9 Å². The molecule has 0 atom stereocenters. The molecule has 3 nitrogen and oxygen atoms in total. The van der Waals surface area contributed by atoms with Crippen molar-refractivity contribution in [2.45, 2.75) is 13.0 Å². The fraction of sp³-hybridized carbons (Fsp3) is 0.417. The fourth-order valence-corrected chi connectivity index (χ4v) is 1.93. The molecule has 0 spiro atoms. The van der Waals surface area contributed by atoms with Gasteiger partial charge in [0.25, 0.3) is 5.91 Å². The first-order valence-corrected chi connectivity index (χ1v) is 5.29. The Morgan fingerprint density at radius 1 is 1.50 bits per heavy atom. The maximum absolute atomic E-state index is 13.4. The van der Waals surface area contributed by atoms with Crippen molar-refractivity contribution in [3.05, 3.63) is 35.1 Å². The number of benzene rings is 1. The van der Waals surface area contributed by atoms with Crippen LogP contribution in [-0.2, 0) is 11.3 Å². The van der Waals surface area contributed by atoms with Crippen LogP contribution >= 0.6 is 0 Å². The van der Waals surface area contributed by atoms with E-state index in [4.69, 9.17) is 4.74 Å². The van der Waals surface area contributed by atoms with E-state index in [1.165, 1.54) is 6.07 Å². The van der Waals surface area contributed by atoms with Crippen LogP contribution < -0.4 is 0 Å². The van der Waals surface area contributed by atoms with Crippen LogP contribution in [0.1, 0.15) is 22.3 Å². The SMILES string of the molecule is COCCCN1Cc2c(F)cccc2C1=O. The topological polar surface area (TPSA) is 29.5 Å². The number of ether oxygens (including phenoxy) is 1. The van der Waals surface area contributed by atoms with Gasteiger partial charge in [-0.25, -0.2) is 4.39 Å². The summed E-state index contributed by atoms with van der Waals surface area (Å²) in [4.78, 5) is 13.5. The molecule has 1 amide bonds. The Bertz CT molecular complexity index is 406. The molecule has 0 aromatic heterocycles. The molecule has 0 radical (unpaired) electrons. The molecule has 0 unspecified atom stereocenters. The lowest BCUT2D eigenvalue weighted by molar-refractivity contribution is 0.0760. The van der Waals surface area contributed by atoms with E-state index in [1.807, 2.05) is 0 Å². The van der Waals surface area contributed by atoms with E-state index in [-0.39, 0.29) is 11.7 Å². The van der Waals surface area contributed by atoms with E-state index in [0.717, 1.165) is 6.42 Å². The zero-order chi connectivity index (χ0) is 11.5. The summed E-state index contributed by atoms with van der Waals surface area (Å²) in [5.74, 6) is -0.370. The Morgan fingerprint density at radius 3 is 3.00 bits per heavy atom. The number of carbonyl (C=O) groups is 1. The number of hydrogen-bond acceptors (Lipinski definition) is 2. The van der Waals surface area contributed by atoms with Crippen LogP contribution in [0, 0.1) is 5.82 Å². The monoisotopic (exact) mass is 223 g/mol. The Morgan fingerprint density at radius 2 is 2.31 bits per heavy atom. The third-order valence-corrected chi connectivity index (χ3v) is 2.76. The molecule has 4 heteroatoms. The average Bonchev–Trinajstić information content (AvgIpc) is 2.59. The van der Waals surface area contributed by atoms with Gasteiger partial charge in [0.05, 0.1) is 0 Å². The number of halogens is 1. The molecular weight excluding hydrogens is 209 g/mol. The molecule has 1 aliphatic rings. The summed E-state index contributed by atoms with van der Waals surface area (Å²) >= 11 is 0. The molecule has 0 aliphatic carbocycles. The molecule has 0 bridgehead atoms. The molecule has 2 rings (SSSR count). The Kier molecular flexibility index (Phi) is 3.19. The van der Waals surface area contributed by atoms with E-state index in [2.05, 4.69) is 0 Å². The van der Waals surface area contributed by atoms with Gasteiger partial charge >= 0.3 is 0 Å². The predicted molar refractivity (Wildman–Crippen MR) is 57.6 cm³/mol. The van der Waals surface area contributed by atoms with Crippen LogP contribution in [-0.4, -0.2) is 31.1 Å². The van der Waals surface area contributed by atoms with Crippen LogP contribution in [0.2, 0.25) is 0 Å². The lowest BCUT2D eigenvalue weighted by atomic mass is 10.1. The van der Waals surface area contributed by atoms with Gasteiger partial charge in [0.15, 0.2) is 0 Å². The standard InChI is InChI=1S/C12H14FNO2/c1-16-7-3-6-14-8-10-9(12(14)15)4-2-5-11(10)13/h2,4-5H,3,6-8H2,1H3. The van der Waals surface area contributed by atoms with Crippen molar-refractivity contribution in [1.82, 2.24) is 4.90 Å². The molecule has 1 aromatic rings. The van der Waals surface area contributed by atoms with Gasteiger partial charge in [-0.15, -0.1) is 0 Å². The van der Waals surface area contributed by atoms with Gasteiger partial charge in [0, 0.05) is 37.9 Å². The van der Waals surface area contributed by atoms with Gasteiger partial charge in [-0.2, -0.15) is 0 Å². The molecule has 0 saturated carbocycles. The normalized spacial score (nSPS) is 14.4. The second-order valence-electron chi connectivity index (χ2n) is 3.84. The second-order valence-corrected chi connectivity index (χ2v) is 3.84. The number of fused-ring (bicyclic) bond motifs is 1. The van der Waals surface area contributed by atoms with Gasteiger partial charge in [-0.3, -0.25) is 4.79 Å². The fourth-order valence-electron chi connectivity index (χ4n) is 1.93. The molecule has 0 N–H and O–H groups in total. The van der Waals surface area contributed by atoms with Gasteiger partial charge in [0.2, 0.25) is 0 Å². The highest BCUT2D eigenvalue weighted by molar-refractivity contribution is 5.98. The number of rotatable bonds is 4. The van der Waals surface area contributed by atoms with Crippen molar-refractivity contribution in [3.63, 3.8) is 0 Å². The first kappa shape index (κ1) is 11.1. The molecule has 1 heterocycles. The van der Waals surface area contributed by atoms with Crippen molar-refractivity contribution in [2.75, 3.05) is 20.3 Å². The minimum Gasteiger partial charge on any atom is -0.385 e. The molecule has 0 saturated heterocycles. The molecule has 1 aromatic carbocycles. The zero-order valence-electron chi connectivity index (χ0n) is 9.20. The van der Waals surface area contributed by atoms with Crippen LogP contribution in [0.25, 0.3) is 0 Å². The van der Waals surface area contributed by atoms with Crippen LogP contribution in [0.3, 0.4) is 0 Å². The van der Waals surface area contributed by atoms with Gasteiger partial charge < -0.3 is 9.64 Å². The largest absolute Gasteiger partial charge is 0.385 e. The minimum absolute atomic E-state index is 0.0781. The maximum atomic E-state index is 13.4. The number of hydrogen-bond donors (Lipinski definition) is 0. The van der Waals surface area contributed by atoms with Gasteiger partial charge in [-0.1, -0.05) is 6.07 Å². The Labute approximate surface area is 93.8 Å². The summed E-state index contributed by atoms with van der Waals surface area (Å²) in [5, 5.41) is 0. The third-order valence-electron chi connectivity index (χ3n) is 2.76. The third kappa shape index (κ3) is 1.93. The van der Waals surface area contributed by atoms with Crippen LogP contribution in [0.5, 0.6) is 0 Å². The van der Waals surface area contributed by atoms with Crippen molar-refractivity contribution >= 4 is 5.91 Å². The first-order chi connectivity index (χ1) is 7.74. The lowest BCUT2D eigenvalue weighted by Crippen LogP contribution is -2.25. The molecule has 1 aliphatic heterocycles. The number of nitrogens with zero attached hydrogens (tertiary/aromatic N) is 1. The number of carbonyl (C=O) groups excluding carboxylic acids is 1. The molecule has 86 valence electrons. The highest BCUT2D eigenvalue weighted by atomic mass is 19.1. The van der Waals surface area contributed by atoms with Crippen LogP contribution in [0.15, 0.2) is 18.2 Å². The lowest BCUT2D eigenvalue weighted by Gasteiger charge is -2.14.